The summed E-state index contributed by atoms with van der Waals surface area (Å²) >= 11 is 6.54. The van der Waals surface area contributed by atoms with E-state index in [1.807, 2.05) is 6.92 Å². The Bertz CT molecular complexity index is 1130. The van der Waals surface area contributed by atoms with Gasteiger partial charge in [0.05, 0.1) is 24.3 Å². The molecule has 2 aromatic rings. The van der Waals surface area contributed by atoms with Gasteiger partial charge in [0.25, 0.3) is 0 Å². The Morgan fingerprint density at radius 2 is 2.00 bits per heavy atom. The quantitative estimate of drug-likeness (QED) is 0.388. The molecular weight excluding hydrogens is 474 g/mol. The van der Waals surface area contributed by atoms with E-state index < -0.39 is 12.1 Å². The van der Waals surface area contributed by atoms with Crippen molar-refractivity contribution in [2.45, 2.75) is 52.2 Å². The molecule has 0 radical (unpaired) electrons. The second-order valence-corrected chi connectivity index (χ2v) is 8.39. The van der Waals surface area contributed by atoms with E-state index in [4.69, 9.17) is 36.0 Å². The topological polar surface area (TPSA) is 117 Å². The number of hydrogen-bond acceptors (Lipinski definition) is 8. The Balaban J connectivity index is 2.30. The number of hydrogen-bond donors (Lipinski definition) is 1. The van der Waals surface area contributed by atoms with Gasteiger partial charge in [0.15, 0.2) is 0 Å². The molecule has 1 aromatic carbocycles. The Hall–Kier alpha value is -3.04. The van der Waals surface area contributed by atoms with E-state index in [2.05, 4.69) is 4.99 Å². The summed E-state index contributed by atoms with van der Waals surface area (Å²) in [4.78, 5) is 31.9. The van der Waals surface area contributed by atoms with Crippen molar-refractivity contribution in [2.24, 2.45) is 10.7 Å². The Morgan fingerprint density at radius 1 is 1.26 bits per heavy atom. The number of carbonyl (C=O) groups excluding carboxylic acids is 2. The largest absolute Gasteiger partial charge is 0.460 e. The molecule has 0 bridgehead atoms. The predicted molar refractivity (Wildman–Crippen MR) is 136 cm³/mol. The van der Waals surface area contributed by atoms with Gasteiger partial charge in [-0.05, 0) is 39.2 Å². The van der Waals surface area contributed by atoms with Crippen molar-refractivity contribution in [3.63, 3.8) is 0 Å². The van der Waals surface area contributed by atoms with E-state index in [1.54, 1.807) is 39.2 Å². The summed E-state index contributed by atoms with van der Waals surface area (Å²) in [5, 5.41) is 0.855. The lowest BCUT2D eigenvalue weighted by molar-refractivity contribution is 0.00465. The molecule has 2 N–H and O–H groups in total. The number of aliphatic imine (C=N–C) groups is 1. The van der Waals surface area contributed by atoms with Gasteiger partial charge in [-0.2, -0.15) is 0 Å². The molecule has 190 valence electrons. The summed E-state index contributed by atoms with van der Waals surface area (Å²) in [6.45, 7) is 6.25. The third-order valence-electron chi connectivity index (χ3n) is 5.84. The van der Waals surface area contributed by atoms with Crippen LogP contribution >= 0.6 is 11.6 Å². The number of nitrogens with two attached hydrogens (primary N) is 1. The lowest BCUT2D eigenvalue weighted by Gasteiger charge is -2.36. The summed E-state index contributed by atoms with van der Waals surface area (Å²) in [5.74, 6) is -0.778. The normalized spacial score (nSPS) is 18.7. The monoisotopic (exact) mass is 505 g/mol. The number of nitrogens with zero attached hydrogens (tertiary/aromatic N) is 2. The minimum absolute atomic E-state index is 0.0209. The van der Waals surface area contributed by atoms with E-state index in [0.717, 1.165) is 6.42 Å². The van der Waals surface area contributed by atoms with Crippen LogP contribution in [0.2, 0.25) is 5.02 Å². The first-order valence-electron chi connectivity index (χ1n) is 11.7. The lowest BCUT2D eigenvalue weighted by atomic mass is 9.98. The van der Waals surface area contributed by atoms with Crippen LogP contribution < -0.4 is 10.6 Å². The fourth-order valence-corrected chi connectivity index (χ4v) is 4.50. The van der Waals surface area contributed by atoms with Crippen LogP contribution in [0.5, 0.6) is 0 Å². The maximum absolute atomic E-state index is 13.3. The number of allylic oxidation sites excluding steroid dienone is 1. The molecule has 1 saturated heterocycles. The maximum atomic E-state index is 13.3. The maximum Gasteiger partial charge on any atom is 0.414 e. The lowest BCUT2D eigenvalue weighted by Crippen LogP contribution is -2.46. The molecule has 0 unspecified atom stereocenters. The van der Waals surface area contributed by atoms with E-state index >= 15 is 0 Å². The summed E-state index contributed by atoms with van der Waals surface area (Å²) in [6.07, 6.45) is 4.31. The van der Waals surface area contributed by atoms with Gasteiger partial charge in [0.1, 0.15) is 11.3 Å². The number of rotatable bonds is 8. The summed E-state index contributed by atoms with van der Waals surface area (Å²) in [5.41, 5.74) is 7.58. The second kappa shape index (κ2) is 12.1. The van der Waals surface area contributed by atoms with Gasteiger partial charge in [-0.25, -0.2) is 9.59 Å². The van der Waals surface area contributed by atoms with Crippen LogP contribution in [0.4, 0.5) is 10.5 Å². The van der Waals surface area contributed by atoms with Crippen molar-refractivity contribution in [2.75, 3.05) is 31.8 Å². The number of anilines is 1. The smallest absolute Gasteiger partial charge is 0.414 e. The Labute approximate surface area is 209 Å². The number of benzene rings is 1. The highest BCUT2D eigenvalue weighted by Gasteiger charge is 2.38. The molecule has 35 heavy (non-hydrogen) atoms. The molecule has 1 aromatic heterocycles. The second-order valence-electron chi connectivity index (χ2n) is 7.99. The molecule has 10 heteroatoms. The zero-order chi connectivity index (χ0) is 25.5. The van der Waals surface area contributed by atoms with Crippen LogP contribution in [0.15, 0.2) is 27.7 Å². The number of fused-ring (bicyclic) bond motifs is 1. The van der Waals surface area contributed by atoms with Crippen LogP contribution in [-0.2, 0) is 14.2 Å². The molecule has 2 heterocycles. The third-order valence-corrected chi connectivity index (χ3v) is 6.15. The summed E-state index contributed by atoms with van der Waals surface area (Å²) in [6, 6.07) is 3.05. The number of furan rings is 1. The molecule has 1 aliphatic rings. The highest BCUT2D eigenvalue weighted by molar-refractivity contribution is 6.35. The predicted octanol–water partition coefficient (Wildman–Crippen LogP) is 5.18. The van der Waals surface area contributed by atoms with Crippen molar-refractivity contribution >= 4 is 52.1 Å². The molecule has 1 fully saturated rings. The van der Waals surface area contributed by atoms with E-state index in [9.17, 15) is 9.59 Å². The molecule has 1 amide bonds. The average molecular weight is 506 g/mol. The SMILES string of the molecule is CCOC(=O)c1oc2cc(Cl)c(C(C=NC)=CN)cc2c1N(C(=O)OCC)[C@H]1CCO[C@@H](CC)C1. The Morgan fingerprint density at radius 3 is 2.63 bits per heavy atom. The third kappa shape index (κ3) is 5.62. The van der Waals surface area contributed by atoms with Crippen LogP contribution in [-0.4, -0.2) is 57.3 Å². The van der Waals surface area contributed by atoms with Gasteiger partial charge >= 0.3 is 12.1 Å². The van der Waals surface area contributed by atoms with Gasteiger partial charge in [-0.1, -0.05) is 18.5 Å². The molecule has 0 spiro atoms. The highest BCUT2D eigenvalue weighted by Crippen LogP contribution is 2.41. The minimum atomic E-state index is -0.686. The van der Waals surface area contributed by atoms with Crippen LogP contribution in [0.3, 0.4) is 0 Å². The van der Waals surface area contributed by atoms with Crippen LogP contribution in [0, 0.1) is 0 Å². The van der Waals surface area contributed by atoms with Gasteiger partial charge in [0, 0.05) is 54.7 Å². The fourth-order valence-electron chi connectivity index (χ4n) is 4.24. The first-order valence-corrected chi connectivity index (χ1v) is 12.1. The number of halogens is 1. The number of esters is 1. The first-order chi connectivity index (χ1) is 16.9. The van der Waals surface area contributed by atoms with Crippen LogP contribution in [0.1, 0.15) is 56.2 Å². The van der Waals surface area contributed by atoms with Crippen molar-refractivity contribution in [3.05, 3.63) is 34.7 Å². The van der Waals surface area contributed by atoms with Crippen molar-refractivity contribution in [1.82, 2.24) is 0 Å². The van der Waals surface area contributed by atoms with Gasteiger partial charge in [-0.15, -0.1) is 0 Å². The highest BCUT2D eigenvalue weighted by atomic mass is 35.5. The summed E-state index contributed by atoms with van der Waals surface area (Å²) < 4.78 is 22.5. The molecule has 2 atom stereocenters. The van der Waals surface area contributed by atoms with E-state index in [-0.39, 0.29) is 36.8 Å². The van der Waals surface area contributed by atoms with E-state index in [0.29, 0.717) is 46.6 Å². The number of carbonyl (C=O) groups is 2. The van der Waals surface area contributed by atoms with Crippen molar-refractivity contribution < 1.29 is 28.2 Å². The minimum Gasteiger partial charge on any atom is -0.460 e. The molecule has 1 aliphatic heterocycles. The molecule has 3 rings (SSSR count). The molecular formula is C25H32ClN3O6. The average Bonchev–Trinajstić information content (AvgIpc) is 3.20. The van der Waals surface area contributed by atoms with Crippen molar-refractivity contribution in [1.29, 1.82) is 0 Å². The van der Waals surface area contributed by atoms with E-state index in [1.165, 1.54) is 11.1 Å². The first kappa shape index (κ1) is 26.6. The van der Waals surface area contributed by atoms with Crippen molar-refractivity contribution in [3.8, 4) is 0 Å². The van der Waals surface area contributed by atoms with Gasteiger partial charge < -0.3 is 24.4 Å². The van der Waals surface area contributed by atoms with Crippen LogP contribution in [0.25, 0.3) is 16.5 Å². The fraction of sp³-hybridized carbons (Fsp3) is 0.480. The molecule has 0 saturated carbocycles. The standard InChI is InChI=1S/C25H32ClN3O6/c1-5-17-10-16(8-9-34-17)29(25(31)33-7-3)22-19-11-18(15(13-27)14-28-4)20(26)12-21(19)35-23(22)24(30)32-6-2/h11-14,16-17H,5-10,27H2,1-4H3/t16-,17-/m0/s1. The molecule has 9 nitrogen and oxygen atoms in total. The van der Waals surface area contributed by atoms with Gasteiger partial charge in [0.2, 0.25) is 5.76 Å². The summed E-state index contributed by atoms with van der Waals surface area (Å²) in [7, 11) is 1.62. The zero-order valence-electron chi connectivity index (χ0n) is 20.5. The zero-order valence-corrected chi connectivity index (χ0v) is 21.3. The molecule has 0 aliphatic carbocycles. The van der Waals surface area contributed by atoms with Gasteiger partial charge in [-0.3, -0.25) is 9.89 Å². The number of amides is 1. The Kier molecular flexibility index (Phi) is 9.17. The number of ether oxygens (including phenoxy) is 3.